The van der Waals surface area contributed by atoms with Crippen LogP contribution in [0, 0.1) is 5.92 Å². The molecular formula is C23H40IN5O4. The molecule has 1 aliphatic heterocycles. The number of carbonyl (C=O) groups excluding carboxylic acids is 1. The van der Waals surface area contributed by atoms with Crippen molar-refractivity contribution in [3.8, 4) is 11.5 Å². The number of ether oxygens (including phenoxy) is 3. The monoisotopic (exact) mass is 577 g/mol. The Hall–Kier alpha value is -1.79. The van der Waals surface area contributed by atoms with Crippen LogP contribution in [0.5, 0.6) is 11.5 Å². The number of nitrogens with one attached hydrogen (secondary N) is 3. The molecule has 9 nitrogen and oxygen atoms in total. The van der Waals surface area contributed by atoms with Crippen molar-refractivity contribution >= 4 is 35.8 Å². The summed E-state index contributed by atoms with van der Waals surface area (Å²) >= 11 is 0. The Labute approximate surface area is 215 Å². The second kappa shape index (κ2) is 15.9. The molecule has 0 spiro atoms. The predicted octanol–water partition coefficient (Wildman–Crippen LogP) is 2.02. The average molecular weight is 578 g/mol. The number of benzene rings is 1. The van der Waals surface area contributed by atoms with Gasteiger partial charge in [0.2, 0.25) is 5.91 Å². The molecule has 1 aliphatic rings. The maximum absolute atomic E-state index is 11.7. The van der Waals surface area contributed by atoms with Gasteiger partial charge < -0.3 is 30.2 Å². The van der Waals surface area contributed by atoms with Crippen LogP contribution in [0.15, 0.2) is 23.2 Å². The first kappa shape index (κ1) is 29.2. The third-order valence-corrected chi connectivity index (χ3v) is 5.29. The number of guanidine groups is 1. The lowest BCUT2D eigenvalue weighted by atomic mass is 10.0. The molecule has 1 aromatic rings. The van der Waals surface area contributed by atoms with Crippen molar-refractivity contribution < 1.29 is 19.0 Å². The van der Waals surface area contributed by atoms with E-state index in [9.17, 15) is 4.79 Å². The molecule has 10 heteroatoms. The molecule has 3 N–H and O–H groups in total. The van der Waals surface area contributed by atoms with Crippen LogP contribution in [0.2, 0.25) is 0 Å². The summed E-state index contributed by atoms with van der Waals surface area (Å²) in [5, 5.41) is 9.50. The molecule has 1 aromatic carbocycles. The Balaban J connectivity index is 0.00000544. The summed E-state index contributed by atoms with van der Waals surface area (Å²) in [6, 6.07) is 6.11. The minimum absolute atomic E-state index is 0. The van der Waals surface area contributed by atoms with Crippen molar-refractivity contribution in [1.29, 1.82) is 0 Å². The number of methoxy groups -OCH3 is 2. The van der Waals surface area contributed by atoms with E-state index in [-0.39, 0.29) is 41.8 Å². The van der Waals surface area contributed by atoms with E-state index in [1.807, 2.05) is 32.9 Å². The summed E-state index contributed by atoms with van der Waals surface area (Å²) in [4.78, 5) is 19.0. The second-order valence-corrected chi connectivity index (χ2v) is 7.87. The normalized spacial score (nSPS) is 15.4. The van der Waals surface area contributed by atoms with Crippen LogP contribution < -0.4 is 25.4 Å². The van der Waals surface area contributed by atoms with Gasteiger partial charge in [0.05, 0.1) is 40.0 Å². The first-order chi connectivity index (χ1) is 15.5. The van der Waals surface area contributed by atoms with Crippen LogP contribution in [0.25, 0.3) is 0 Å². The van der Waals surface area contributed by atoms with Gasteiger partial charge in [0.15, 0.2) is 17.5 Å². The average Bonchev–Trinajstić information content (AvgIpc) is 2.82. The van der Waals surface area contributed by atoms with Gasteiger partial charge in [-0.2, -0.15) is 0 Å². The lowest BCUT2D eigenvalue weighted by Gasteiger charge is -2.34. The van der Waals surface area contributed by atoms with E-state index < -0.39 is 0 Å². The zero-order valence-corrected chi connectivity index (χ0v) is 22.8. The van der Waals surface area contributed by atoms with Crippen LogP contribution in [0.4, 0.5) is 0 Å². The highest BCUT2D eigenvalue weighted by Gasteiger charge is 2.24. The van der Waals surface area contributed by atoms with Gasteiger partial charge in [0.1, 0.15) is 0 Å². The molecule has 0 saturated carbocycles. The molecule has 2 rings (SSSR count). The number of aliphatic imine (C=N–C) groups is 1. The van der Waals surface area contributed by atoms with Crippen molar-refractivity contribution in [3.63, 3.8) is 0 Å². The summed E-state index contributed by atoms with van der Waals surface area (Å²) in [6.07, 6.45) is 0. The van der Waals surface area contributed by atoms with Gasteiger partial charge in [-0.05, 0) is 24.6 Å². The molecule has 0 aromatic heterocycles. The largest absolute Gasteiger partial charge is 0.493 e. The van der Waals surface area contributed by atoms with Crippen molar-refractivity contribution in [2.45, 2.75) is 26.8 Å². The molecule has 1 heterocycles. The number of rotatable bonds is 11. The first-order valence-corrected chi connectivity index (χ1v) is 11.3. The van der Waals surface area contributed by atoms with E-state index >= 15 is 0 Å². The van der Waals surface area contributed by atoms with Crippen molar-refractivity contribution in [1.82, 2.24) is 20.9 Å². The highest BCUT2D eigenvalue weighted by Crippen LogP contribution is 2.32. The van der Waals surface area contributed by atoms with Gasteiger partial charge >= 0.3 is 0 Å². The number of nitrogens with zero attached hydrogens (tertiary/aromatic N) is 2. The topological polar surface area (TPSA) is 96.5 Å². The van der Waals surface area contributed by atoms with Crippen molar-refractivity contribution in [3.05, 3.63) is 23.8 Å². The molecule has 188 valence electrons. The molecule has 1 atom stereocenters. The Kier molecular flexibility index (Phi) is 14.1. The Bertz CT molecular complexity index is 742. The van der Waals surface area contributed by atoms with Crippen LogP contribution in [0.3, 0.4) is 0 Å². The van der Waals surface area contributed by atoms with Gasteiger partial charge in [-0.15, -0.1) is 24.0 Å². The summed E-state index contributed by atoms with van der Waals surface area (Å²) in [7, 11) is 3.29. The molecule has 1 saturated heterocycles. The number of hydrogen-bond donors (Lipinski definition) is 3. The smallest absolute Gasteiger partial charge is 0.222 e. The van der Waals surface area contributed by atoms with Gasteiger partial charge in [-0.1, -0.05) is 19.9 Å². The minimum Gasteiger partial charge on any atom is -0.493 e. The molecule has 0 bridgehead atoms. The Morgan fingerprint density at radius 3 is 2.36 bits per heavy atom. The standard InChI is InChI=1S/C23H39N5O4.HI/c1-6-24-23(26-10-9-25-22(29)17(2)3)27-16-19(28-11-13-32-14-12-28)18-7-8-20(30-4)21(15-18)31-5;/h7-8,15,17,19H,6,9-14,16H2,1-5H3,(H,25,29)(H2,24,26,27);1H. The summed E-state index contributed by atoms with van der Waals surface area (Å²) < 4.78 is 16.5. The number of hydrogen-bond acceptors (Lipinski definition) is 6. The number of morpholine rings is 1. The highest BCUT2D eigenvalue weighted by molar-refractivity contribution is 14.0. The number of carbonyl (C=O) groups is 1. The fourth-order valence-corrected chi connectivity index (χ4v) is 3.47. The number of amides is 1. The molecule has 1 amide bonds. The molecule has 1 fully saturated rings. The SMILES string of the molecule is CCNC(=NCC(c1ccc(OC)c(OC)c1)N1CCOCC1)NCCNC(=O)C(C)C.I. The summed E-state index contributed by atoms with van der Waals surface area (Å²) in [5.74, 6) is 2.17. The van der Waals surface area contributed by atoms with E-state index in [0.717, 1.165) is 31.2 Å². The van der Waals surface area contributed by atoms with Crippen molar-refractivity contribution in [2.24, 2.45) is 10.9 Å². The van der Waals surface area contributed by atoms with E-state index in [2.05, 4.69) is 26.9 Å². The lowest BCUT2D eigenvalue weighted by molar-refractivity contribution is -0.123. The quantitative estimate of drug-likeness (QED) is 0.160. The lowest BCUT2D eigenvalue weighted by Crippen LogP contribution is -2.43. The predicted molar refractivity (Wildman–Crippen MR) is 142 cm³/mol. The molecule has 33 heavy (non-hydrogen) atoms. The fraction of sp³-hybridized carbons (Fsp3) is 0.652. The first-order valence-electron chi connectivity index (χ1n) is 11.3. The maximum atomic E-state index is 11.7. The third kappa shape index (κ3) is 9.54. The van der Waals surface area contributed by atoms with E-state index in [0.29, 0.717) is 44.3 Å². The molecular weight excluding hydrogens is 537 g/mol. The Morgan fingerprint density at radius 2 is 1.76 bits per heavy atom. The number of halogens is 1. The second-order valence-electron chi connectivity index (χ2n) is 7.87. The van der Waals surface area contributed by atoms with Crippen LogP contribution in [-0.2, 0) is 9.53 Å². The van der Waals surface area contributed by atoms with Gasteiger partial charge in [0, 0.05) is 38.6 Å². The fourth-order valence-electron chi connectivity index (χ4n) is 3.47. The zero-order chi connectivity index (χ0) is 23.3. The summed E-state index contributed by atoms with van der Waals surface area (Å²) in [5.41, 5.74) is 1.12. The van der Waals surface area contributed by atoms with E-state index in [1.54, 1.807) is 14.2 Å². The maximum Gasteiger partial charge on any atom is 0.222 e. The van der Waals surface area contributed by atoms with Crippen LogP contribution in [-0.4, -0.2) is 83.5 Å². The van der Waals surface area contributed by atoms with Gasteiger partial charge in [-0.25, -0.2) is 0 Å². The Morgan fingerprint density at radius 1 is 1.09 bits per heavy atom. The van der Waals surface area contributed by atoms with Crippen molar-refractivity contribution in [2.75, 3.05) is 66.7 Å². The highest BCUT2D eigenvalue weighted by atomic mass is 127. The van der Waals surface area contributed by atoms with Gasteiger partial charge in [-0.3, -0.25) is 14.7 Å². The molecule has 0 aliphatic carbocycles. The zero-order valence-electron chi connectivity index (χ0n) is 20.5. The van der Waals surface area contributed by atoms with Crippen LogP contribution >= 0.6 is 24.0 Å². The van der Waals surface area contributed by atoms with E-state index in [1.165, 1.54) is 0 Å². The molecule has 1 unspecified atom stereocenters. The summed E-state index contributed by atoms with van der Waals surface area (Å²) in [6.45, 7) is 11.4. The minimum atomic E-state index is -0.0207. The van der Waals surface area contributed by atoms with Gasteiger partial charge in [0.25, 0.3) is 0 Å². The van der Waals surface area contributed by atoms with E-state index in [4.69, 9.17) is 19.2 Å². The third-order valence-electron chi connectivity index (χ3n) is 5.29. The van der Waals surface area contributed by atoms with Crippen LogP contribution in [0.1, 0.15) is 32.4 Å². The molecule has 0 radical (unpaired) electrons.